The van der Waals surface area contributed by atoms with Crippen molar-refractivity contribution in [2.45, 2.75) is 19.5 Å². The van der Waals surface area contributed by atoms with Gasteiger partial charge in [-0.1, -0.05) is 6.07 Å². The van der Waals surface area contributed by atoms with E-state index in [1.807, 2.05) is 29.0 Å². The molecule has 2 rings (SSSR count). The molecule has 1 unspecified atom stereocenters. The molecule has 2 heterocycles. The summed E-state index contributed by atoms with van der Waals surface area (Å²) in [5, 5.41) is 3.35. The number of hydrogen-bond acceptors (Lipinski definition) is 4. The van der Waals surface area contributed by atoms with Gasteiger partial charge in [-0.2, -0.15) is 0 Å². The summed E-state index contributed by atoms with van der Waals surface area (Å²) in [7, 11) is 1.69. The van der Waals surface area contributed by atoms with Gasteiger partial charge < -0.3 is 14.6 Å². The fraction of sp³-hybridized carbons (Fsp3) is 0.385. The molecule has 0 saturated heterocycles. The maximum Gasteiger partial charge on any atom is 0.203 e. The van der Waals surface area contributed by atoms with Crippen LogP contribution in [0, 0.1) is 0 Å². The van der Waals surface area contributed by atoms with Crippen molar-refractivity contribution in [3.63, 3.8) is 0 Å². The monoisotopic (exact) mass is 246 g/mol. The van der Waals surface area contributed by atoms with Crippen molar-refractivity contribution in [1.82, 2.24) is 14.5 Å². The highest BCUT2D eigenvalue weighted by Gasteiger charge is 2.09. The molecule has 0 aliphatic rings. The van der Waals surface area contributed by atoms with E-state index in [2.05, 4.69) is 22.2 Å². The van der Waals surface area contributed by atoms with Crippen molar-refractivity contribution in [2.24, 2.45) is 0 Å². The Kier molecular flexibility index (Phi) is 4.30. The third-order valence-electron chi connectivity index (χ3n) is 2.73. The summed E-state index contributed by atoms with van der Waals surface area (Å²) < 4.78 is 7.10. The Labute approximate surface area is 107 Å². The topological polar surface area (TPSA) is 52.0 Å². The summed E-state index contributed by atoms with van der Waals surface area (Å²) in [6.45, 7) is 3.52. The SMILES string of the molecule is COCCn1ccnc1NC(C)c1ccccn1. The minimum absolute atomic E-state index is 0.120. The summed E-state index contributed by atoms with van der Waals surface area (Å²) in [4.78, 5) is 8.63. The third-order valence-corrected chi connectivity index (χ3v) is 2.73. The molecule has 0 spiro atoms. The predicted molar refractivity (Wildman–Crippen MR) is 70.4 cm³/mol. The molecule has 96 valence electrons. The zero-order valence-corrected chi connectivity index (χ0v) is 10.7. The average molecular weight is 246 g/mol. The second-order valence-corrected chi connectivity index (χ2v) is 4.06. The fourth-order valence-corrected chi connectivity index (χ4v) is 1.72. The lowest BCUT2D eigenvalue weighted by Crippen LogP contribution is -2.14. The predicted octanol–water partition coefficient (Wildman–Crippen LogP) is 2.10. The van der Waals surface area contributed by atoms with E-state index in [0.717, 1.165) is 18.2 Å². The third kappa shape index (κ3) is 3.07. The molecule has 2 aromatic heterocycles. The van der Waals surface area contributed by atoms with Gasteiger partial charge in [0.2, 0.25) is 5.95 Å². The van der Waals surface area contributed by atoms with Crippen molar-refractivity contribution >= 4 is 5.95 Å². The second kappa shape index (κ2) is 6.16. The summed E-state index contributed by atoms with van der Waals surface area (Å²) in [5.41, 5.74) is 0.999. The molecule has 0 aliphatic heterocycles. The van der Waals surface area contributed by atoms with Gasteiger partial charge in [0, 0.05) is 32.2 Å². The normalized spacial score (nSPS) is 12.3. The van der Waals surface area contributed by atoms with Crippen LogP contribution in [0.1, 0.15) is 18.7 Å². The second-order valence-electron chi connectivity index (χ2n) is 4.06. The number of hydrogen-bond donors (Lipinski definition) is 1. The van der Waals surface area contributed by atoms with Crippen LogP contribution in [0.4, 0.5) is 5.95 Å². The van der Waals surface area contributed by atoms with Gasteiger partial charge in [-0.3, -0.25) is 4.98 Å². The largest absolute Gasteiger partial charge is 0.383 e. The summed E-state index contributed by atoms with van der Waals surface area (Å²) in [6.07, 6.45) is 5.51. The van der Waals surface area contributed by atoms with Gasteiger partial charge in [0.15, 0.2) is 0 Å². The Bertz CT molecular complexity index is 469. The first-order valence-corrected chi connectivity index (χ1v) is 5.99. The van der Waals surface area contributed by atoms with Gasteiger partial charge >= 0.3 is 0 Å². The molecule has 2 aromatic rings. The van der Waals surface area contributed by atoms with Gasteiger partial charge in [0.1, 0.15) is 0 Å². The van der Waals surface area contributed by atoms with E-state index in [4.69, 9.17) is 4.74 Å². The van der Waals surface area contributed by atoms with Crippen molar-refractivity contribution in [1.29, 1.82) is 0 Å². The molecule has 0 aromatic carbocycles. The Hall–Kier alpha value is -1.88. The minimum Gasteiger partial charge on any atom is -0.383 e. The van der Waals surface area contributed by atoms with Crippen molar-refractivity contribution < 1.29 is 4.74 Å². The Balaban J connectivity index is 2.03. The van der Waals surface area contributed by atoms with E-state index in [-0.39, 0.29) is 6.04 Å². The highest BCUT2D eigenvalue weighted by atomic mass is 16.5. The lowest BCUT2D eigenvalue weighted by atomic mass is 10.2. The summed E-state index contributed by atoms with van der Waals surface area (Å²) in [5.74, 6) is 0.838. The van der Waals surface area contributed by atoms with Gasteiger partial charge in [-0.05, 0) is 19.1 Å². The number of ether oxygens (including phenoxy) is 1. The summed E-state index contributed by atoms with van der Waals surface area (Å²) >= 11 is 0. The number of rotatable bonds is 6. The minimum atomic E-state index is 0.120. The number of nitrogens with zero attached hydrogens (tertiary/aromatic N) is 3. The number of imidazole rings is 1. The van der Waals surface area contributed by atoms with E-state index in [1.54, 1.807) is 19.5 Å². The molecule has 1 atom stereocenters. The van der Waals surface area contributed by atoms with E-state index >= 15 is 0 Å². The number of pyridine rings is 1. The standard InChI is InChI=1S/C13H18N4O/c1-11(12-5-3-4-6-14-12)16-13-15-7-8-17(13)9-10-18-2/h3-8,11H,9-10H2,1-2H3,(H,15,16). The summed E-state index contributed by atoms with van der Waals surface area (Å²) in [6, 6.07) is 6.02. The molecule has 18 heavy (non-hydrogen) atoms. The Morgan fingerprint density at radius 1 is 1.33 bits per heavy atom. The molecule has 0 fully saturated rings. The van der Waals surface area contributed by atoms with Crippen molar-refractivity contribution in [3.8, 4) is 0 Å². The van der Waals surface area contributed by atoms with Crippen LogP contribution in [0.25, 0.3) is 0 Å². The maximum atomic E-state index is 5.07. The maximum absolute atomic E-state index is 5.07. The van der Waals surface area contributed by atoms with E-state index < -0.39 is 0 Å². The zero-order chi connectivity index (χ0) is 12.8. The number of anilines is 1. The molecule has 0 saturated carbocycles. The van der Waals surface area contributed by atoms with Crippen LogP contribution in [0.2, 0.25) is 0 Å². The van der Waals surface area contributed by atoms with E-state index in [0.29, 0.717) is 6.61 Å². The van der Waals surface area contributed by atoms with Crippen LogP contribution in [-0.2, 0) is 11.3 Å². The van der Waals surface area contributed by atoms with Crippen LogP contribution in [0.15, 0.2) is 36.8 Å². The highest BCUT2D eigenvalue weighted by Crippen LogP contribution is 2.15. The number of methoxy groups -OCH3 is 1. The lowest BCUT2D eigenvalue weighted by Gasteiger charge is -2.15. The zero-order valence-electron chi connectivity index (χ0n) is 10.7. The fourth-order valence-electron chi connectivity index (χ4n) is 1.72. The molecule has 1 N–H and O–H groups in total. The van der Waals surface area contributed by atoms with Gasteiger partial charge in [0.05, 0.1) is 18.3 Å². The molecule has 5 nitrogen and oxygen atoms in total. The van der Waals surface area contributed by atoms with Crippen LogP contribution in [-0.4, -0.2) is 28.3 Å². The van der Waals surface area contributed by atoms with Crippen molar-refractivity contribution in [3.05, 3.63) is 42.5 Å². The molecule has 0 aliphatic carbocycles. The molecule has 0 radical (unpaired) electrons. The highest BCUT2D eigenvalue weighted by molar-refractivity contribution is 5.30. The number of aromatic nitrogens is 3. The van der Waals surface area contributed by atoms with E-state index in [9.17, 15) is 0 Å². The lowest BCUT2D eigenvalue weighted by molar-refractivity contribution is 0.187. The Morgan fingerprint density at radius 3 is 2.94 bits per heavy atom. The number of nitrogens with one attached hydrogen (secondary N) is 1. The first-order valence-electron chi connectivity index (χ1n) is 5.99. The molecule has 5 heteroatoms. The average Bonchev–Trinajstić information content (AvgIpc) is 2.84. The van der Waals surface area contributed by atoms with Crippen LogP contribution in [0.5, 0.6) is 0 Å². The molecular weight excluding hydrogens is 228 g/mol. The van der Waals surface area contributed by atoms with Crippen LogP contribution in [0.3, 0.4) is 0 Å². The van der Waals surface area contributed by atoms with Crippen LogP contribution >= 0.6 is 0 Å². The first kappa shape index (κ1) is 12.6. The van der Waals surface area contributed by atoms with Crippen LogP contribution < -0.4 is 5.32 Å². The van der Waals surface area contributed by atoms with Gasteiger partial charge in [0.25, 0.3) is 0 Å². The Morgan fingerprint density at radius 2 is 2.22 bits per heavy atom. The van der Waals surface area contributed by atoms with Crippen molar-refractivity contribution in [2.75, 3.05) is 19.0 Å². The van der Waals surface area contributed by atoms with Gasteiger partial charge in [-0.15, -0.1) is 0 Å². The smallest absolute Gasteiger partial charge is 0.203 e. The molecular formula is C13H18N4O. The van der Waals surface area contributed by atoms with E-state index in [1.165, 1.54) is 0 Å². The van der Waals surface area contributed by atoms with Gasteiger partial charge in [-0.25, -0.2) is 4.98 Å². The molecule has 0 bridgehead atoms. The molecule has 0 amide bonds. The quantitative estimate of drug-likeness (QED) is 0.848. The first-order chi connectivity index (χ1) is 8.81.